The third kappa shape index (κ3) is 4.44. The lowest BCUT2D eigenvalue weighted by Crippen LogP contribution is -2.36. The molecule has 21 heavy (non-hydrogen) atoms. The molecule has 0 bridgehead atoms. The van der Waals surface area contributed by atoms with E-state index in [2.05, 4.69) is 5.32 Å². The van der Waals surface area contributed by atoms with Crippen molar-refractivity contribution in [3.63, 3.8) is 0 Å². The second-order valence-corrected chi connectivity index (χ2v) is 4.32. The standard InChI is InChI=1S/C13H16N2O6/c1-3-8(6-12(16)17)14-13(18)10-7-9(15(19)20)4-5-11(10)21-2/h4-5,7-8H,3,6H2,1-2H3,(H,14,18)(H,16,17). The summed E-state index contributed by atoms with van der Waals surface area (Å²) in [5.41, 5.74) is -0.247. The number of nitrogens with one attached hydrogen (secondary N) is 1. The molecule has 0 aliphatic heterocycles. The minimum absolute atomic E-state index is 0.00413. The maximum absolute atomic E-state index is 12.1. The number of non-ortho nitro benzene ring substituents is 1. The van der Waals surface area contributed by atoms with Crippen LogP contribution < -0.4 is 10.1 Å². The van der Waals surface area contributed by atoms with Crippen molar-refractivity contribution >= 4 is 17.6 Å². The topological polar surface area (TPSA) is 119 Å². The molecule has 0 heterocycles. The number of ether oxygens (including phenoxy) is 1. The molecule has 0 saturated carbocycles. The number of carbonyl (C=O) groups excluding carboxylic acids is 1. The summed E-state index contributed by atoms with van der Waals surface area (Å²) in [4.78, 5) is 33.0. The summed E-state index contributed by atoms with van der Waals surface area (Å²) >= 11 is 0. The lowest BCUT2D eigenvalue weighted by atomic mass is 10.1. The molecule has 1 unspecified atom stereocenters. The second-order valence-electron chi connectivity index (χ2n) is 4.32. The van der Waals surface area contributed by atoms with Crippen LogP contribution in [-0.4, -0.2) is 35.1 Å². The Bertz CT molecular complexity index is 558. The Morgan fingerprint density at radius 2 is 2.14 bits per heavy atom. The van der Waals surface area contributed by atoms with Gasteiger partial charge in [0.2, 0.25) is 0 Å². The fraction of sp³-hybridized carbons (Fsp3) is 0.385. The molecule has 2 N–H and O–H groups in total. The number of hydrogen-bond donors (Lipinski definition) is 2. The van der Waals surface area contributed by atoms with Gasteiger partial charge in [-0.3, -0.25) is 19.7 Å². The van der Waals surface area contributed by atoms with Crippen LogP contribution >= 0.6 is 0 Å². The maximum Gasteiger partial charge on any atom is 0.305 e. The number of benzene rings is 1. The highest BCUT2D eigenvalue weighted by Gasteiger charge is 2.20. The summed E-state index contributed by atoms with van der Waals surface area (Å²) in [5.74, 6) is -1.46. The van der Waals surface area contributed by atoms with Gasteiger partial charge in [0, 0.05) is 18.2 Å². The van der Waals surface area contributed by atoms with Crippen LogP contribution in [0.2, 0.25) is 0 Å². The first-order chi connectivity index (χ1) is 9.88. The zero-order valence-corrected chi connectivity index (χ0v) is 11.7. The van der Waals surface area contributed by atoms with Crippen molar-refractivity contribution in [2.75, 3.05) is 7.11 Å². The zero-order valence-electron chi connectivity index (χ0n) is 11.7. The van der Waals surface area contributed by atoms with Gasteiger partial charge in [0.15, 0.2) is 0 Å². The first-order valence-electron chi connectivity index (χ1n) is 6.24. The number of amides is 1. The van der Waals surface area contributed by atoms with E-state index >= 15 is 0 Å². The summed E-state index contributed by atoms with van der Waals surface area (Å²) in [7, 11) is 1.34. The van der Waals surface area contributed by atoms with E-state index in [1.807, 2.05) is 0 Å². The molecule has 1 aromatic rings. The van der Waals surface area contributed by atoms with Gasteiger partial charge in [-0.2, -0.15) is 0 Å². The van der Waals surface area contributed by atoms with Crippen molar-refractivity contribution in [3.8, 4) is 5.75 Å². The Balaban J connectivity index is 3.01. The molecule has 1 rings (SSSR count). The Labute approximate surface area is 120 Å². The van der Waals surface area contributed by atoms with Gasteiger partial charge in [0.05, 0.1) is 24.0 Å². The van der Waals surface area contributed by atoms with Gasteiger partial charge in [-0.15, -0.1) is 0 Å². The minimum Gasteiger partial charge on any atom is -0.496 e. The highest BCUT2D eigenvalue weighted by molar-refractivity contribution is 5.98. The van der Waals surface area contributed by atoms with Gasteiger partial charge in [0.25, 0.3) is 11.6 Å². The number of carboxylic acids is 1. The van der Waals surface area contributed by atoms with Crippen LogP contribution in [0.25, 0.3) is 0 Å². The lowest BCUT2D eigenvalue weighted by molar-refractivity contribution is -0.384. The molecule has 1 amide bonds. The second kappa shape index (κ2) is 7.22. The predicted octanol–water partition coefficient (Wildman–Crippen LogP) is 1.59. The van der Waals surface area contributed by atoms with E-state index in [1.54, 1.807) is 6.92 Å². The van der Waals surface area contributed by atoms with Crippen molar-refractivity contribution < 1.29 is 24.4 Å². The zero-order chi connectivity index (χ0) is 16.0. The maximum atomic E-state index is 12.1. The molecule has 0 spiro atoms. The molecule has 0 radical (unpaired) electrons. The first kappa shape index (κ1) is 16.4. The Morgan fingerprint density at radius 3 is 2.62 bits per heavy atom. The fourth-order valence-corrected chi connectivity index (χ4v) is 1.76. The summed E-state index contributed by atoms with van der Waals surface area (Å²) < 4.78 is 5.00. The number of carbonyl (C=O) groups is 2. The number of carboxylic acid groups (broad SMARTS) is 1. The Hall–Kier alpha value is -2.64. The van der Waals surface area contributed by atoms with E-state index in [0.29, 0.717) is 6.42 Å². The van der Waals surface area contributed by atoms with Crippen molar-refractivity contribution in [3.05, 3.63) is 33.9 Å². The van der Waals surface area contributed by atoms with Crippen LogP contribution in [0.15, 0.2) is 18.2 Å². The smallest absolute Gasteiger partial charge is 0.305 e. The SMILES string of the molecule is CCC(CC(=O)O)NC(=O)c1cc([N+](=O)[O-])ccc1OC. The molecule has 1 aromatic carbocycles. The van der Waals surface area contributed by atoms with Crippen LogP contribution in [-0.2, 0) is 4.79 Å². The number of nitro groups is 1. The van der Waals surface area contributed by atoms with Crippen LogP contribution in [0.3, 0.4) is 0 Å². The van der Waals surface area contributed by atoms with E-state index in [0.717, 1.165) is 6.07 Å². The first-order valence-corrected chi connectivity index (χ1v) is 6.24. The summed E-state index contributed by atoms with van der Waals surface area (Å²) in [6, 6.07) is 3.09. The van der Waals surface area contributed by atoms with Crippen molar-refractivity contribution in [2.24, 2.45) is 0 Å². The van der Waals surface area contributed by atoms with Gasteiger partial charge in [-0.05, 0) is 12.5 Å². The molecule has 8 heteroatoms. The number of aliphatic carboxylic acids is 1. The van der Waals surface area contributed by atoms with Crippen LogP contribution in [0, 0.1) is 10.1 Å². The number of methoxy groups -OCH3 is 1. The molecule has 0 aliphatic carbocycles. The van der Waals surface area contributed by atoms with Gasteiger partial charge in [-0.25, -0.2) is 0 Å². The number of nitro benzene ring substituents is 1. The van der Waals surface area contributed by atoms with Crippen LogP contribution in [0.5, 0.6) is 5.75 Å². The molecule has 1 atom stereocenters. The van der Waals surface area contributed by atoms with Gasteiger partial charge in [0.1, 0.15) is 5.75 Å². The highest BCUT2D eigenvalue weighted by atomic mass is 16.6. The average Bonchev–Trinajstić information content (AvgIpc) is 2.44. The molecule has 114 valence electrons. The van der Waals surface area contributed by atoms with Crippen molar-refractivity contribution in [2.45, 2.75) is 25.8 Å². The quantitative estimate of drug-likeness (QED) is 0.582. The average molecular weight is 296 g/mol. The van der Waals surface area contributed by atoms with Gasteiger partial charge in [-0.1, -0.05) is 6.92 Å². The molecule has 0 aliphatic rings. The molecule has 0 aromatic heterocycles. The number of nitrogens with zero attached hydrogens (tertiary/aromatic N) is 1. The largest absolute Gasteiger partial charge is 0.496 e. The van der Waals surface area contributed by atoms with Crippen molar-refractivity contribution in [1.82, 2.24) is 5.32 Å². The third-order valence-corrected chi connectivity index (χ3v) is 2.89. The van der Waals surface area contributed by atoms with Gasteiger partial charge < -0.3 is 15.2 Å². The predicted molar refractivity (Wildman–Crippen MR) is 73.4 cm³/mol. The lowest BCUT2D eigenvalue weighted by Gasteiger charge is -2.16. The third-order valence-electron chi connectivity index (χ3n) is 2.89. The Kier molecular flexibility index (Phi) is 5.65. The van der Waals surface area contributed by atoms with E-state index in [-0.39, 0.29) is 23.4 Å². The molecule has 0 fully saturated rings. The highest BCUT2D eigenvalue weighted by Crippen LogP contribution is 2.24. The van der Waals surface area contributed by atoms with Crippen LogP contribution in [0.4, 0.5) is 5.69 Å². The normalized spacial score (nSPS) is 11.5. The summed E-state index contributed by atoms with van der Waals surface area (Å²) in [6.45, 7) is 1.73. The van der Waals surface area contributed by atoms with E-state index < -0.39 is 22.8 Å². The van der Waals surface area contributed by atoms with E-state index in [1.165, 1.54) is 19.2 Å². The van der Waals surface area contributed by atoms with Crippen LogP contribution in [0.1, 0.15) is 30.1 Å². The van der Waals surface area contributed by atoms with E-state index in [4.69, 9.17) is 9.84 Å². The molecule has 8 nitrogen and oxygen atoms in total. The number of hydrogen-bond acceptors (Lipinski definition) is 5. The summed E-state index contributed by atoms with van der Waals surface area (Å²) in [5, 5.41) is 22.0. The number of rotatable bonds is 7. The minimum atomic E-state index is -1.03. The molecular weight excluding hydrogens is 280 g/mol. The van der Waals surface area contributed by atoms with E-state index in [9.17, 15) is 19.7 Å². The molecular formula is C13H16N2O6. The summed E-state index contributed by atoms with van der Waals surface area (Å²) in [6.07, 6.45) is 0.203. The Morgan fingerprint density at radius 1 is 1.48 bits per heavy atom. The fourth-order valence-electron chi connectivity index (χ4n) is 1.76. The van der Waals surface area contributed by atoms with Crippen molar-refractivity contribution in [1.29, 1.82) is 0 Å². The molecule has 0 saturated heterocycles. The van der Waals surface area contributed by atoms with Gasteiger partial charge >= 0.3 is 5.97 Å². The monoisotopic (exact) mass is 296 g/mol.